The Morgan fingerprint density at radius 3 is 2.38 bits per heavy atom. The molecule has 0 N–H and O–H groups in total. The molecule has 0 fully saturated rings. The fraction of sp³-hybridized carbons (Fsp3) is 0.250. The molecule has 1 aromatic carbocycles. The molecule has 0 unspecified atom stereocenters. The Kier molecular flexibility index (Phi) is 3.10. The third-order valence-electron chi connectivity index (χ3n) is 2.33. The standard InChI is InChI=1S/C12H14N2O2/c1-15-11-5-3-10(4-6-11)9-14-8-7-12(13-14)16-2/h3-8H,9H2,1-2H3. The summed E-state index contributed by atoms with van der Waals surface area (Å²) in [5.41, 5.74) is 1.17. The summed E-state index contributed by atoms with van der Waals surface area (Å²) in [4.78, 5) is 0. The number of hydrogen-bond acceptors (Lipinski definition) is 3. The normalized spacial score (nSPS) is 10.1. The molecular formula is C12H14N2O2. The summed E-state index contributed by atoms with van der Waals surface area (Å²) in [6.07, 6.45) is 1.89. The van der Waals surface area contributed by atoms with E-state index in [0.29, 0.717) is 5.88 Å². The summed E-state index contributed by atoms with van der Waals surface area (Å²) in [6, 6.07) is 9.76. The Bertz CT molecular complexity index is 448. The van der Waals surface area contributed by atoms with Gasteiger partial charge in [0.1, 0.15) is 5.75 Å². The molecule has 2 rings (SSSR count). The average molecular weight is 218 g/mol. The lowest BCUT2D eigenvalue weighted by atomic mass is 10.2. The minimum atomic E-state index is 0.633. The average Bonchev–Trinajstić information content (AvgIpc) is 2.78. The second-order valence-electron chi connectivity index (χ2n) is 3.40. The van der Waals surface area contributed by atoms with E-state index in [1.807, 2.05) is 41.2 Å². The third kappa shape index (κ3) is 2.34. The molecule has 0 spiro atoms. The van der Waals surface area contributed by atoms with E-state index in [2.05, 4.69) is 5.10 Å². The highest BCUT2D eigenvalue weighted by atomic mass is 16.5. The van der Waals surface area contributed by atoms with Crippen molar-refractivity contribution in [2.24, 2.45) is 0 Å². The van der Waals surface area contributed by atoms with Crippen LogP contribution in [0.25, 0.3) is 0 Å². The molecule has 0 atom stereocenters. The topological polar surface area (TPSA) is 36.3 Å². The van der Waals surface area contributed by atoms with Crippen molar-refractivity contribution >= 4 is 0 Å². The van der Waals surface area contributed by atoms with E-state index in [9.17, 15) is 0 Å². The molecule has 2 aromatic rings. The van der Waals surface area contributed by atoms with Crippen LogP contribution in [0.15, 0.2) is 36.5 Å². The van der Waals surface area contributed by atoms with Gasteiger partial charge in [-0.3, -0.25) is 4.68 Å². The van der Waals surface area contributed by atoms with Gasteiger partial charge >= 0.3 is 0 Å². The Hall–Kier alpha value is -1.97. The molecule has 16 heavy (non-hydrogen) atoms. The van der Waals surface area contributed by atoms with E-state index >= 15 is 0 Å². The van der Waals surface area contributed by atoms with Crippen LogP contribution >= 0.6 is 0 Å². The number of ether oxygens (including phenoxy) is 2. The predicted octanol–water partition coefficient (Wildman–Crippen LogP) is 1.95. The monoisotopic (exact) mass is 218 g/mol. The number of methoxy groups -OCH3 is 2. The van der Waals surface area contributed by atoms with Gasteiger partial charge < -0.3 is 9.47 Å². The second kappa shape index (κ2) is 4.70. The number of rotatable bonds is 4. The van der Waals surface area contributed by atoms with Crippen LogP contribution in [-0.4, -0.2) is 24.0 Å². The molecule has 84 valence electrons. The summed E-state index contributed by atoms with van der Waals surface area (Å²) in [7, 11) is 3.27. The van der Waals surface area contributed by atoms with Crippen LogP contribution in [0.5, 0.6) is 11.6 Å². The maximum Gasteiger partial charge on any atom is 0.232 e. The molecule has 1 aromatic heterocycles. The number of aromatic nitrogens is 2. The van der Waals surface area contributed by atoms with E-state index < -0.39 is 0 Å². The molecule has 1 heterocycles. The summed E-state index contributed by atoms with van der Waals surface area (Å²) < 4.78 is 11.9. The van der Waals surface area contributed by atoms with Crippen molar-refractivity contribution in [2.45, 2.75) is 6.54 Å². The van der Waals surface area contributed by atoms with Gasteiger partial charge in [0.2, 0.25) is 5.88 Å². The molecule has 0 radical (unpaired) electrons. The zero-order valence-corrected chi connectivity index (χ0v) is 9.38. The first-order valence-corrected chi connectivity index (χ1v) is 5.02. The van der Waals surface area contributed by atoms with Gasteiger partial charge in [0.25, 0.3) is 0 Å². The van der Waals surface area contributed by atoms with Crippen molar-refractivity contribution in [1.82, 2.24) is 9.78 Å². The molecule has 0 saturated carbocycles. The molecule has 0 saturated heterocycles. The van der Waals surface area contributed by atoms with Crippen LogP contribution in [0, 0.1) is 0 Å². The van der Waals surface area contributed by atoms with Crippen LogP contribution in [0.1, 0.15) is 5.56 Å². The highest BCUT2D eigenvalue weighted by molar-refractivity contribution is 5.27. The van der Waals surface area contributed by atoms with Crippen molar-refractivity contribution in [3.63, 3.8) is 0 Å². The van der Waals surface area contributed by atoms with Gasteiger partial charge in [0.05, 0.1) is 20.8 Å². The van der Waals surface area contributed by atoms with Crippen LogP contribution in [0.2, 0.25) is 0 Å². The molecule has 0 aliphatic heterocycles. The minimum Gasteiger partial charge on any atom is -0.497 e. The Morgan fingerprint density at radius 1 is 1.06 bits per heavy atom. The van der Waals surface area contributed by atoms with Crippen molar-refractivity contribution in [3.05, 3.63) is 42.1 Å². The second-order valence-corrected chi connectivity index (χ2v) is 3.40. The largest absolute Gasteiger partial charge is 0.497 e. The van der Waals surface area contributed by atoms with E-state index in [1.165, 1.54) is 5.56 Å². The van der Waals surface area contributed by atoms with E-state index in [4.69, 9.17) is 9.47 Å². The smallest absolute Gasteiger partial charge is 0.232 e. The van der Waals surface area contributed by atoms with Crippen LogP contribution < -0.4 is 9.47 Å². The van der Waals surface area contributed by atoms with E-state index in [1.54, 1.807) is 14.2 Å². The summed E-state index contributed by atoms with van der Waals surface area (Å²) in [5.74, 6) is 1.50. The fourth-order valence-corrected chi connectivity index (χ4v) is 1.46. The zero-order chi connectivity index (χ0) is 11.4. The maximum absolute atomic E-state index is 5.10. The van der Waals surface area contributed by atoms with Crippen molar-refractivity contribution < 1.29 is 9.47 Å². The van der Waals surface area contributed by atoms with Crippen LogP contribution in [-0.2, 0) is 6.54 Å². The van der Waals surface area contributed by atoms with Gasteiger partial charge in [0, 0.05) is 12.3 Å². The molecule has 0 amide bonds. The van der Waals surface area contributed by atoms with Crippen molar-refractivity contribution in [1.29, 1.82) is 0 Å². The lowest BCUT2D eigenvalue weighted by Gasteiger charge is -2.03. The first-order chi connectivity index (χ1) is 7.81. The zero-order valence-electron chi connectivity index (χ0n) is 9.38. The first-order valence-electron chi connectivity index (χ1n) is 5.02. The van der Waals surface area contributed by atoms with Gasteiger partial charge in [0.15, 0.2) is 0 Å². The molecular weight excluding hydrogens is 204 g/mol. The first kappa shape index (κ1) is 10.5. The van der Waals surface area contributed by atoms with Crippen molar-refractivity contribution in [2.75, 3.05) is 14.2 Å². The van der Waals surface area contributed by atoms with Gasteiger partial charge in [-0.15, -0.1) is 5.10 Å². The minimum absolute atomic E-state index is 0.633. The lowest BCUT2D eigenvalue weighted by molar-refractivity contribution is 0.390. The molecule has 0 bridgehead atoms. The molecule has 0 aliphatic carbocycles. The van der Waals surface area contributed by atoms with E-state index in [0.717, 1.165) is 12.3 Å². The molecule has 4 heteroatoms. The van der Waals surface area contributed by atoms with Gasteiger partial charge in [-0.05, 0) is 17.7 Å². The predicted molar refractivity (Wildman–Crippen MR) is 60.9 cm³/mol. The van der Waals surface area contributed by atoms with Crippen LogP contribution in [0.3, 0.4) is 0 Å². The van der Waals surface area contributed by atoms with E-state index in [-0.39, 0.29) is 0 Å². The Labute approximate surface area is 94.4 Å². The molecule has 0 aliphatic rings. The lowest BCUT2D eigenvalue weighted by Crippen LogP contribution is -2.00. The van der Waals surface area contributed by atoms with Gasteiger partial charge in [-0.1, -0.05) is 12.1 Å². The fourth-order valence-electron chi connectivity index (χ4n) is 1.46. The van der Waals surface area contributed by atoms with Crippen molar-refractivity contribution in [3.8, 4) is 11.6 Å². The number of hydrogen-bond donors (Lipinski definition) is 0. The highest BCUT2D eigenvalue weighted by Crippen LogP contribution is 2.13. The highest BCUT2D eigenvalue weighted by Gasteiger charge is 1.99. The summed E-state index contributed by atoms with van der Waals surface area (Å²) in [5, 5.41) is 4.23. The SMILES string of the molecule is COc1ccc(Cn2ccc(OC)n2)cc1. The van der Waals surface area contributed by atoms with Crippen LogP contribution in [0.4, 0.5) is 0 Å². The van der Waals surface area contributed by atoms with Gasteiger partial charge in [-0.25, -0.2) is 0 Å². The Morgan fingerprint density at radius 2 is 1.81 bits per heavy atom. The maximum atomic E-state index is 5.10. The Balaban J connectivity index is 2.08. The quantitative estimate of drug-likeness (QED) is 0.787. The summed E-state index contributed by atoms with van der Waals surface area (Å²) >= 11 is 0. The number of benzene rings is 1. The summed E-state index contributed by atoms with van der Waals surface area (Å²) in [6.45, 7) is 0.730. The number of nitrogens with zero attached hydrogens (tertiary/aromatic N) is 2. The van der Waals surface area contributed by atoms with Gasteiger partial charge in [-0.2, -0.15) is 0 Å². The third-order valence-corrected chi connectivity index (χ3v) is 2.33. The molecule has 4 nitrogen and oxygen atoms in total.